The molecule has 0 N–H and O–H groups in total. The number of methoxy groups -OCH3 is 1. The van der Waals surface area contributed by atoms with Crippen LogP contribution in [0.15, 0.2) is 46.8 Å². The first kappa shape index (κ1) is 25.3. The Kier molecular flexibility index (Phi) is 7.24. The summed E-state index contributed by atoms with van der Waals surface area (Å²) in [6.07, 6.45) is -0.754. The van der Waals surface area contributed by atoms with Crippen molar-refractivity contribution in [3.63, 3.8) is 0 Å². The maximum atomic E-state index is 13.0. The Morgan fingerprint density at radius 3 is 2.68 bits per heavy atom. The number of benzene rings is 2. The first-order valence-electron chi connectivity index (χ1n) is 12.2. The van der Waals surface area contributed by atoms with E-state index in [1.807, 2.05) is 36.6 Å². The van der Waals surface area contributed by atoms with Crippen LogP contribution in [-0.4, -0.2) is 49.0 Å². The molecule has 1 aromatic heterocycles. The predicted octanol–water partition coefficient (Wildman–Crippen LogP) is 6.19. The van der Waals surface area contributed by atoms with Crippen LogP contribution in [0.4, 0.5) is 8.78 Å². The number of hydrogen-bond donors (Lipinski definition) is 0. The molecule has 6 nitrogen and oxygen atoms in total. The molecule has 3 atom stereocenters. The van der Waals surface area contributed by atoms with Gasteiger partial charge in [-0.2, -0.15) is 0 Å². The van der Waals surface area contributed by atoms with E-state index in [0.717, 1.165) is 51.5 Å². The monoisotopic (exact) mass is 526 g/mol. The molecule has 194 valence electrons. The molecule has 2 aromatic carbocycles. The van der Waals surface area contributed by atoms with Crippen LogP contribution < -0.4 is 9.47 Å². The van der Waals surface area contributed by atoms with Crippen LogP contribution in [0.1, 0.15) is 53.8 Å². The number of hydrogen-bond acceptors (Lipinski definition) is 7. The Balaban J connectivity index is 1.60. The van der Waals surface area contributed by atoms with Gasteiger partial charge in [0.25, 0.3) is 6.43 Å². The van der Waals surface area contributed by atoms with Gasteiger partial charge >= 0.3 is 5.97 Å². The van der Waals surface area contributed by atoms with Crippen LogP contribution in [-0.2, 0) is 9.53 Å². The Morgan fingerprint density at radius 1 is 1.16 bits per heavy atom. The maximum absolute atomic E-state index is 13.0. The number of ether oxygens (including phenoxy) is 3. The lowest BCUT2D eigenvalue weighted by Crippen LogP contribution is -2.36. The fraction of sp³-hybridized carbons (Fsp3) is 0.393. The third kappa shape index (κ3) is 5.37. The number of rotatable bonds is 7. The number of fused-ring (bicyclic) bond motifs is 3. The van der Waals surface area contributed by atoms with Crippen LogP contribution in [0.2, 0.25) is 0 Å². The van der Waals surface area contributed by atoms with Gasteiger partial charge in [-0.1, -0.05) is 18.2 Å². The molecule has 0 saturated heterocycles. The van der Waals surface area contributed by atoms with Crippen molar-refractivity contribution in [3.8, 4) is 22.8 Å². The average Bonchev–Trinajstić information content (AvgIpc) is 3.32. The SMILES string of the molecule is COc1cc2c(cc1OCC(F)F)C1CC(OC(C)=O)CCC1N=C2c1cccc(-c2csc(C)n2)c1. The number of aromatic nitrogens is 1. The quantitative estimate of drug-likeness (QED) is 0.344. The summed E-state index contributed by atoms with van der Waals surface area (Å²) in [5.74, 6) is 0.279. The van der Waals surface area contributed by atoms with Crippen LogP contribution in [0.25, 0.3) is 11.3 Å². The van der Waals surface area contributed by atoms with E-state index in [0.29, 0.717) is 12.2 Å². The molecular formula is C28H28F2N2O4S. The smallest absolute Gasteiger partial charge is 0.302 e. The van der Waals surface area contributed by atoms with Gasteiger partial charge in [-0.05, 0) is 49.9 Å². The molecule has 1 fully saturated rings. The van der Waals surface area contributed by atoms with E-state index in [4.69, 9.17) is 19.2 Å². The molecule has 2 heterocycles. The van der Waals surface area contributed by atoms with E-state index in [9.17, 15) is 13.6 Å². The Hall–Kier alpha value is -3.33. The molecule has 0 spiro atoms. The zero-order valence-corrected chi connectivity index (χ0v) is 21.7. The molecule has 0 bridgehead atoms. The third-order valence-electron chi connectivity index (χ3n) is 6.80. The van der Waals surface area contributed by atoms with Crippen molar-refractivity contribution in [3.05, 3.63) is 63.5 Å². The van der Waals surface area contributed by atoms with Crippen LogP contribution >= 0.6 is 11.3 Å². The van der Waals surface area contributed by atoms with Crippen molar-refractivity contribution >= 4 is 23.0 Å². The molecule has 0 radical (unpaired) electrons. The lowest BCUT2D eigenvalue weighted by Gasteiger charge is -2.38. The van der Waals surface area contributed by atoms with E-state index in [1.165, 1.54) is 14.0 Å². The zero-order valence-electron chi connectivity index (χ0n) is 20.9. The second kappa shape index (κ2) is 10.6. The van der Waals surface area contributed by atoms with Crippen molar-refractivity contribution in [2.24, 2.45) is 4.99 Å². The highest BCUT2D eigenvalue weighted by atomic mass is 32.1. The Morgan fingerprint density at radius 2 is 1.97 bits per heavy atom. The second-order valence-corrected chi connectivity index (χ2v) is 10.4. The molecule has 1 saturated carbocycles. The van der Waals surface area contributed by atoms with Crippen LogP contribution in [0.3, 0.4) is 0 Å². The first-order valence-corrected chi connectivity index (χ1v) is 13.1. The van der Waals surface area contributed by atoms with Gasteiger partial charge in [0.05, 0.1) is 29.6 Å². The van der Waals surface area contributed by atoms with Crippen LogP contribution in [0.5, 0.6) is 11.5 Å². The Labute approximate surface area is 218 Å². The van der Waals surface area contributed by atoms with Gasteiger partial charge in [-0.25, -0.2) is 13.8 Å². The maximum Gasteiger partial charge on any atom is 0.302 e. The van der Waals surface area contributed by atoms with Gasteiger partial charge in [0, 0.05) is 34.9 Å². The summed E-state index contributed by atoms with van der Waals surface area (Å²) < 4.78 is 42.4. The number of halogens is 2. The summed E-state index contributed by atoms with van der Waals surface area (Å²) >= 11 is 1.60. The molecule has 5 rings (SSSR count). The van der Waals surface area contributed by atoms with Crippen molar-refractivity contribution in [2.45, 2.75) is 57.6 Å². The summed E-state index contributed by atoms with van der Waals surface area (Å²) in [4.78, 5) is 21.4. The van der Waals surface area contributed by atoms with Gasteiger partial charge in [0.1, 0.15) is 12.7 Å². The summed E-state index contributed by atoms with van der Waals surface area (Å²) in [5, 5.41) is 3.03. The summed E-state index contributed by atoms with van der Waals surface area (Å²) in [6, 6.07) is 11.7. The van der Waals surface area contributed by atoms with E-state index in [1.54, 1.807) is 17.4 Å². The number of alkyl halides is 2. The minimum Gasteiger partial charge on any atom is -0.493 e. The molecule has 37 heavy (non-hydrogen) atoms. The van der Waals surface area contributed by atoms with Crippen LogP contribution in [0, 0.1) is 6.92 Å². The second-order valence-electron chi connectivity index (χ2n) is 9.32. The Bertz CT molecular complexity index is 1340. The molecule has 3 aromatic rings. The van der Waals surface area contributed by atoms with Crippen molar-refractivity contribution in [1.29, 1.82) is 0 Å². The van der Waals surface area contributed by atoms with E-state index >= 15 is 0 Å². The standard InChI is InChI=1S/C28H28F2N2O4S/c1-15-31-24(14-37-15)17-5-4-6-18(9-17)28-22-12-25(34-3)26(35-13-27(29)30)11-20(22)21-10-19(36-16(2)33)7-8-23(21)32-28/h4-6,9,11-12,14,19,21,23,27H,7-8,10,13H2,1-3H3. The molecule has 2 aliphatic rings. The summed E-state index contributed by atoms with van der Waals surface area (Å²) in [5.41, 5.74) is 5.46. The van der Waals surface area contributed by atoms with Gasteiger partial charge in [-0.15, -0.1) is 11.3 Å². The number of thiazole rings is 1. The lowest BCUT2D eigenvalue weighted by atomic mass is 9.74. The van der Waals surface area contributed by atoms with E-state index in [-0.39, 0.29) is 29.8 Å². The van der Waals surface area contributed by atoms with E-state index < -0.39 is 13.0 Å². The molecule has 9 heteroatoms. The number of aliphatic imine (C=N–C) groups is 1. The van der Waals surface area contributed by atoms with Crippen molar-refractivity contribution < 1.29 is 27.8 Å². The molecule has 0 amide bonds. The van der Waals surface area contributed by atoms with E-state index in [2.05, 4.69) is 11.1 Å². The molecule has 3 unspecified atom stereocenters. The molecule has 1 aliphatic heterocycles. The fourth-order valence-electron chi connectivity index (χ4n) is 5.25. The van der Waals surface area contributed by atoms with Crippen molar-refractivity contribution in [1.82, 2.24) is 4.98 Å². The number of carbonyl (C=O) groups is 1. The minimum absolute atomic E-state index is 0.0316. The summed E-state index contributed by atoms with van der Waals surface area (Å²) in [7, 11) is 1.49. The summed E-state index contributed by atoms with van der Waals surface area (Å²) in [6.45, 7) is 2.66. The van der Waals surface area contributed by atoms with Gasteiger partial charge in [-0.3, -0.25) is 9.79 Å². The molecular weight excluding hydrogens is 498 g/mol. The van der Waals surface area contributed by atoms with Gasteiger partial charge in [0.2, 0.25) is 0 Å². The third-order valence-corrected chi connectivity index (χ3v) is 7.57. The number of nitrogens with zero attached hydrogens (tertiary/aromatic N) is 2. The highest BCUT2D eigenvalue weighted by Gasteiger charge is 2.39. The number of esters is 1. The minimum atomic E-state index is -2.61. The average molecular weight is 527 g/mol. The molecule has 1 aliphatic carbocycles. The topological polar surface area (TPSA) is 70.0 Å². The number of aryl methyl sites for hydroxylation is 1. The largest absolute Gasteiger partial charge is 0.493 e. The fourth-order valence-corrected chi connectivity index (χ4v) is 5.87. The van der Waals surface area contributed by atoms with Gasteiger partial charge < -0.3 is 14.2 Å². The first-order chi connectivity index (χ1) is 17.8. The predicted molar refractivity (Wildman–Crippen MR) is 138 cm³/mol. The van der Waals surface area contributed by atoms with Gasteiger partial charge in [0.15, 0.2) is 11.5 Å². The zero-order chi connectivity index (χ0) is 26.1. The lowest BCUT2D eigenvalue weighted by molar-refractivity contribution is -0.148. The number of carbonyl (C=O) groups excluding carboxylic acids is 1. The highest BCUT2D eigenvalue weighted by molar-refractivity contribution is 7.09. The normalized spacial score (nSPS) is 20.6. The highest BCUT2D eigenvalue weighted by Crippen LogP contribution is 2.45. The van der Waals surface area contributed by atoms with Crippen molar-refractivity contribution in [2.75, 3.05) is 13.7 Å².